The summed E-state index contributed by atoms with van der Waals surface area (Å²) >= 11 is 0. The van der Waals surface area contributed by atoms with Crippen LogP contribution in [0.1, 0.15) is 18.9 Å². The Balaban J connectivity index is 1.69. The molecule has 4 heteroatoms. The van der Waals surface area contributed by atoms with Crippen LogP contribution in [-0.2, 0) is 11.2 Å². The molecule has 0 spiro atoms. The van der Waals surface area contributed by atoms with Crippen LogP contribution in [0.5, 0.6) is 5.75 Å². The number of hydrogen-bond donors (Lipinski definition) is 2. The zero-order chi connectivity index (χ0) is 12.8. The number of fused-ring (bicyclic) bond motifs is 1. The maximum Gasteiger partial charge on any atom is 0.234 e. The van der Waals surface area contributed by atoms with Crippen molar-refractivity contribution in [3.8, 4) is 5.75 Å². The van der Waals surface area contributed by atoms with E-state index in [-0.39, 0.29) is 12.0 Å². The van der Waals surface area contributed by atoms with E-state index in [1.165, 1.54) is 5.56 Å². The summed E-state index contributed by atoms with van der Waals surface area (Å²) in [7, 11) is 0. The molecule has 0 saturated heterocycles. The van der Waals surface area contributed by atoms with Crippen LogP contribution in [0.15, 0.2) is 24.3 Å². The molecule has 1 aliphatic heterocycles. The molecule has 1 aromatic carbocycles. The van der Waals surface area contributed by atoms with E-state index < -0.39 is 0 Å². The van der Waals surface area contributed by atoms with Crippen LogP contribution in [0.3, 0.4) is 0 Å². The topological polar surface area (TPSA) is 50.4 Å². The summed E-state index contributed by atoms with van der Waals surface area (Å²) in [4.78, 5) is 11.5. The van der Waals surface area contributed by atoms with Gasteiger partial charge in [-0.3, -0.25) is 4.79 Å². The smallest absolute Gasteiger partial charge is 0.234 e. The number of hydrogen-bond acceptors (Lipinski definition) is 3. The quantitative estimate of drug-likeness (QED) is 0.741. The lowest BCUT2D eigenvalue weighted by atomic mass is 10.1. The maximum absolute atomic E-state index is 11.5. The standard InChI is InChI=1S/C14H20N2O2/c1-2-7-15-10-14(17)16-9-12-8-11-5-3-4-6-13(11)18-12/h3-6,12,15H,2,7-10H2,1H3,(H,16,17). The number of carbonyl (C=O) groups excluding carboxylic acids is 1. The van der Waals surface area contributed by atoms with Crippen molar-refractivity contribution >= 4 is 5.91 Å². The van der Waals surface area contributed by atoms with Crippen molar-refractivity contribution in [3.05, 3.63) is 29.8 Å². The first-order chi connectivity index (χ1) is 8.79. The predicted octanol–water partition coefficient (Wildman–Crippen LogP) is 1.11. The molecular formula is C14H20N2O2. The van der Waals surface area contributed by atoms with E-state index in [0.29, 0.717) is 13.1 Å². The van der Waals surface area contributed by atoms with Gasteiger partial charge in [0, 0.05) is 6.42 Å². The van der Waals surface area contributed by atoms with E-state index in [0.717, 1.165) is 25.1 Å². The van der Waals surface area contributed by atoms with Gasteiger partial charge in [-0.25, -0.2) is 0 Å². The monoisotopic (exact) mass is 248 g/mol. The van der Waals surface area contributed by atoms with Gasteiger partial charge in [-0.05, 0) is 24.6 Å². The fourth-order valence-corrected chi connectivity index (χ4v) is 2.04. The lowest BCUT2D eigenvalue weighted by Gasteiger charge is -2.12. The highest BCUT2D eigenvalue weighted by molar-refractivity contribution is 5.78. The van der Waals surface area contributed by atoms with Crippen molar-refractivity contribution in [2.45, 2.75) is 25.9 Å². The summed E-state index contributed by atoms with van der Waals surface area (Å²) in [6.45, 7) is 3.90. The number of amides is 1. The van der Waals surface area contributed by atoms with Crippen LogP contribution in [0.4, 0.5) is 0 Å². The number of para-hydroxylation sites is 1. The first-order valence-electron chi connectivity index (χ1n) is 6.51. The summed E-state index contributed by atoms with van der Waals surface area (Å²) in [5.41, 5.74) is 1.22. The van der Waals surface area contributed by atoms with Gasteiger partial charge in [-0.1, -0.05) is 25.1 Å². The van der Waals surface area contributed by atoms with E-state index in [9.17, 15) is 4.79 Å². The van der Waals surface area contributed by atoms with E-state index in [4.69, 9.17) is 4.74 Å². The van der Waals surface area contributed by atoms with Gasteiger partial charge in [0.15, 0.2) is 0 Å². The van der Waals surface area contributed by atoms with E-state index in [2.05, 4.69) is 23.6 Å². The number of benzene rings is 1. The van der Waals surface area contributed by atoms with Crippen LogP contribution < -0.4 is 15.4 Å². The SMILES string of the molecule is CCCNCC(=O)NCC1Cc2ccccc2O1. The molecule has 4 nitrogen and oxygen atoms in total. The summed E-state index contributed by atoms with van der Waals surface area (Å²) in [6, 6.07) is 8.02. The molecule has 2 N–H and O–H groups in total. The third kappa shape index (κ3) is 3.47. The first kappa shape index (κ1) is 12.9. The van der Waals surface area contributed by atoms with Crippen molar-refractivity contribution in [1.82, 2.24) is 10.6 Å². The normalized spacial score (nSPS) is 17.1. The zero-order valence-electron chi connectivity index (χ0n) is 10.7. The lowest BCUT2D eigenvalue weighted by Crippen LogP contribution is -2.39. The van der Waals surface area contributed by atoms with Crippen molar-refractivity contribution in [2.24, 2.45) is 0 Å². The predicted molar refractivity (Wildman–Crippen MR) is 70.7 cm³/mol. The van der Waals surface area contributed by atoms with E-state index >= 15 is 0 Å². The largest absolute Gasteiger partial charge is 0.488 e. The Kier molecular flexibility index (Phi) is 4.59. The average molecular weight is 248 g/mol. The van der Waals surface area contributed by atoms with Gasteiger partial charge in [0.05, 0.1) is 13.1 Å². The fourth-order valence-electron chi connectivity index (χ4n) is 2.04. The molecule has 0 aliphatic carbocycles. The molecule has 1 unspecified atom stereocenters. The molecule has 0 aromatic heterocycles. The molecule has 0 fully saturated rings. The molecule has 0 bridgehead atoms. The van der Waals surface area contributed by atoms with Crippen LogP contribution in [0.2, 0.25) is 0 Å². The Hall–Kier alpha value is -1.55. The number of rotatable bonds is 6. The van der Waals surface area contributed by atoms with Crippen molar-refractivity contribution < 1.29 is 9.53 Å². The minimum Gasteiger partial charge on any atom is -0.488 e. The van der Waals surface area contributed by atoms with Gasteiger partial charge in [0.25, 0.3) is 0 Å². The lowest BCUT2D eigenvalue weighted by molar-refractivity contribution is -0.120. The molecule has 0 saturated carbocycles. The number of carbonyl (C=O) groups is 1. The highest BCUT2D eigenvalue weighted by Crippen LogP contribution is 2.27. The molecule has 18 heavy (non-hydrogen) atoms. The second kappa shape index (κ2) is 6.40. The van der Waals surface area contributed by atoms with Gasteiger partial charge in [-0.2, -0.15) is 0 Å². The highest BCUT2D eigenvalue weighted by Gasteiger charge is 2.22. The molecule has 0 radical (unpaired) electrons. The summed E-state index contributed by atoms with van der Waals surface area (Å²) in [5.74, 6) is 0.976. The molecule has 98 valence electrons. The van der Waals surface area contributed by atoms with Gasteiger partial charge in [0.2, 0.25) is 5.91 Å². The maximum atomic E-state index is 11.5. The molecule has 1 aromatic rings. The fraction of sp³-hybridized carbons (Fsp3) is 0.500. The molecule has 1 heterocycles. The summed E-state index contributed by atoms with van der Waals surface area (Å²) < 4.78 is 5.75. The Labute approximate surface area is 108 Å². The Morgan fingerprint density at radius 3 is 3.06 bits per heavy atom. The Bertz CT molecular complexity index is 382. The molecule has 2 rings (SSSR count). The Morgan fingerprint density at radius 1 is 1.44 bits per heavy atom. The molecule has 1 atom stereocenters. The molecular weight excluding hydrogens is 228 g/mol. The molecule has 1 aliphatic rings. The van der Waals surface area contributed by atoms with Crippen molar-refractivity contribution in [1.29, 1.82) is 0 Å². The van der Waals surface area contributed by atoms with Crippen LogP contribution in [0.25, 0.3) is 0 Å². The van der Waals surface area contributed by atoms with Crippen molar-refractivity contribution in [2.75, 3.05) is 19.6 Å². The van der Waals surface area contributed by atoms with Crippen LogP contribution in [0, 0.1) is 0 Å². The second-order valence-electron chi connectivity index (χ2n) is 4.53. The summed E-state index contributed by atoms with van der Waals surface area (Å²) in [5, 5.41) is 5.97. The zero-order valence-corrected chi connectivity index (χ0v) is 10.7. The Morgan fingerprint density at radius 2 is 2.28 bits per heavy atom. The summed E-state index contributed by atoms with van der Waals surface area (Å²) in [6.07, 6.45) is 1.98. The highest BCUT2D eigenvalue weighted by atomic mass is 16.5. The molecule has 1 amide bonds. The third-order valence-electron chi connectivity index (χ3n) is 2.95. The van der Waals surface area contributed by atoms with Gasteiger partial charge in [-0.15, -0.1) is 0 Å². The van der Waals surface area contributed by atoms with Gasteiger partial charge >= 0.3 is 0 Å². The third-order valence-corrected chi connectivity index (χ3v) is 2.95. The number of nitrogens with one attached hydrogen (secondary N) is 2. The van der Waals surface area contributed by atoms with E-state index in [1.54, 1.807) is 0 Å². The van der Waals surface area contributed by atoms with Crippen LogP contribution in [-0.4, -0.2) is 31.6 Å². The minimum atomic E-state index is 0.0306. The van der Waals surface area contributed by atoms with Crippen molar-refractivity contribution in [3.63, 3.8) is 0 Å². The number of ether oxygens (including phenoxy) is 1. The first-order valence-corrected chi connectivity index (χ1v) is 6.51. The average Bonchev–Trinajstić information content (AvgIpc) is 2.79. The second-order valence-corrected chi connectivity index (χ2v) is 4.53. The van der Waals surface area contributed by atoms with Gasteiger partial charge < -0.3 is 15.4 Å². The van der Waals surface area contributed by atoms with E-state index in [1.807, 2.05) is 18.2 Å². The van der Waals surface area contributed by atoms with Gasteiger partial charge in [0.1, 0.15) is 11.9 Å². The minimum absolute atomic E-state index is 0.0306. The van der Waals surface area contributed by atoms with Crippen LogP contribution >= 0.6 is 0 Å².